The number of rotatable bonds is 4. The van der Waals surface area contributed by atoms with E-state index in [0.717, 1.165) is 30.5 Å². The van der Waals surface area contributed by atoms with Gasteiger partial charge in [-0.25, -0.2) is 8.42 Å². The molecule has 0 aromatic rings. The zero-order valence-corrected chi connectivity index (χ0v) is 17.0. The van der Waals surface area contributed by atoms with Crippen LogP contribution in [0.5, 0.6) is 0 Å². The molecule has 0 spiro atoms. The predicted octanol–water partition coefficient (Wildman–Crippen LogP) is 5.21. The molecule has 0 radical (unpaired) electrons. The molecule has 1 rings (SSSR count). The van der Waals surface area contributed by atoms with E-state index in [4.69, 9.17) is 0 Å². The van der Waals surface area contributed by atoms with Crippen LogP contribution in [-0.2, 0) is 9.84 Å². The molecule has 0 saturated heterocycles. The Kier molecular flexibility index (Phi) is 6.03. The molecule has 0 aliphatic heterocycles. The molecular weight excluding hydrogens is 348 g/mol. The van der Waals surface area contributed by atoms with Gasteiger partial charge in [0.15, 0.2) is 9.84 Å². The first-order chi connectivity index (χ1) is 9.33. The third-order valence-corrected chi connectivity index (χ3v) is 9.19. The zero-order valence-electron chi connectivity index (χ0n) is 14.6. The van der Waals surface area contributed by atoms with Crippen LogP contribution in [0.2, 0.25) is 0 Å². The Morgan fingerprint density at radius 2 is 1.52 bits per heavy atom. The van der Waals surface area contributed by atoms with E-state index in [1.165, 1.54) is 12.8 Å². The number of sulfone groups is 1. The normalized spacial score (nSPS) is 28.6. The topological polar surface area (TPSA) is 34.1 Å². The summed E-state index contributed by atoms with van der Waals surface area (Å²) in [7, 11) is -3.01. The molecule has 0 N–H and O–H groups in total. The van der Waals surface area contributed by atoms with Gasteiger partial charge in [-0.2, -0.15) is 0 Å². The van der Waals surface area contributed by atoms with E-state index in [-0.39, 0.29) is 5.41 Å². The highest BCUT2D eigenvalue weighted by molar-refractivity contribution is 9.09. The number of alkyl halides is 1. The minimum Gasteiger partial charge on any atom is -0.228 e. The first-order valence-corrected chi connectivity index (χ1v) is 10.9. The Hall–Kier alpha value is 0.430. The van der Waals surface area contributed by atoms with Gasteiger partial charge in [-0.05, 0) is 69.6 Å². The van der Waals surface area contributed by atoms with Crippen molar-refractivity contribution >= 4 is 25.8 Å². The Labute approximate surface area is 140 Å². The third kappa shape index (κ3) is 4.95. The van der Waals surface area contributed by atoms with Gasteiger partial charge in [-0.1, -0.05) is 36.7 Å². The lowest BCUT2D eigenvalue weighted by Crippen LogP contribution is -2.37. The maximum atomic E-state index is 12.4. The molecule has 0 atom stereocenters. The van der Waals surface area contributed by atoms with E-state index in [2.05, 4.69) is 36.7 Å². The van der Waals surface area contributed by atoms with Crippen molar-refractivity contribution in [3.05, 3.63) is 0 Å². The molecule has 0 aromatic heterocycles. The maximum absolute atomic E-state index is 12.4. The Balaban J connectivity index is 2.69. The SMILES string of the molecule is CC(C)(C)C1CCC(CBr)(CCS(=O)(=O)C(C)(C)C)CC1. The highest BCUT2D eigenvalue weighted by atomic mass is 79.9. The molecule has 1 aliphatic rings. The molecule has 1 fully saturated rings. The van der Waals surface area contributed by atoms with E-state index >= 15 is 0 Å². The maximum Gasteiger partial charge on any atom is 0.155 e. The van der Waals surface area contributed by atoms with Gasteiger partial charge in [0.25, 0.3) is 0 Å². The van der Waals surface area contributed by atoms with Crippen molar-refractivity contribution in [2.45, 2.75) is 78.4 Å². The van der Waals surface area contributed by atoms with Crippen molar-refractivity contribution in [1.29, 1.82) is 0 Å². The van der Waals surface area contributed by atoms with Crippen LogP contribution in [0.3, 0.4) is 0 Å². The second-order valence-electron chi connectivity index (χ2n) is 8.96. The van der Waals surface area contributed by atoms with E-state index in [1.807, 2.05) is 0 Å². The molecule has 0 amide bonds. The quantitative estimate of drug-likeness (QED) is 0.627. The van der Waals surface area contributed by atoms with Gasteiger partial charge in [-0.15, -0.1) is 0 Å². The zero-order chi connectivity index (χ0) is 16.5. The van der Waals surface area contributed by atoms with Gasteiger partial charge >= 0.3 is 0 Å². The Bertz CT molecular complexity index is 432. The fraction of sp³-hybridized carbons (Fsp3) is 1.00. The van der Waals surface area contributed by atoms with E-state index < -0.39 is 14.6 Å². The lowest BCUT2D eigenvalue weighted by atomic mass is 9.64. The van der Waals surface area contributed by atoms with Gasteiger partial charge in [0.2, 0.25) is 0 Å². The second-order valence-corrected chi connectivity index (χ2v) is 12.4. The van der Waals surface area contributed by atoms with Crippen molar-refractivity contribution in [2.24, 2.45) is 16.7 Å². The molecule has 21 heavy (non-hydrogen) atoms. The molecule has 4 heteroatoms. The van der Waals surface area contributed by atoms with Crippen molar-refractivity contribution in [2.75, 3.05) is 11.1 Å². The van der Waals surface area contributed by atoms with Crippen molar-refractivity contribution in [3.63, 3.8) is 0 Å². The molecule has 1 aliphatic carbocycles. The molecule has 0 bridgehead atoms. The summed E-state index contributed by atoms with van der Waals surface area (Å²) in [5.41, 5.74) is 0.552. The van der Waals surface area contributed by atoms with Crippen molar-refractivity contribution in [1.82, 2.24) is 0 Å². The van der Waals surface area contributed by atoms with Gasteiger partial charge in [-0.3, -0.25) is 0 Å². The largest absolute Gasteiger partial charge is 0.228 e. The number of halogens is 1. The van der Waals surface area contributed by atoms with Crippen LogP contribution in [0.1, 0.15) is 73.6 Å². The molecule has 0 unspecified atom stereocenters. The number of hydrogen-bond acceptors (Lipinski definition) is 2. The van der Waals surface area contributed by atoms with E-state index in [9.17, 15) is 8.42 Å². The summed E-state index contributed by atoms with van der Waals surface area (Å²) in [4.78, 5) is 0. The summed E-state index contributed by atoms with van der Waals surface area (Å²) in [6, 6.07) is 0. The summed E-state index contributed by atoms with van der Waals surface area (Å²) in [5, 5.41) is 0.927. The average molecular weight is 381 g/mol. The standard InChI is InChI=1S/C17H33BrO2S/c1-15(2,3)14-7-9-17(13-18,10-8-14)11-12-21(19,20)16(4,5)6/h14H,7-13H2,1-6H3. The van der Waals surface area contributed by atoms with Crippen LogP contribution in [0.4, 0.5) is 0 Å². The van der Waals surface area contributed by atoms with E-state index in [1.54, 1.807) is 20.8 Å². The molecule has 1 saturated carbocycles. The van der Waals surface area contributed by atoms with Gasteiger partial charge in [0.05, 0.1) is 10.5 Å². The lowest BCUT2D eigenvalue weighted by Gasteiger charge is -2.43. The fourth-order valence-corrected chi connectivity index (χ4v) is 5.36. The molecule has 0 heterocycles. The second kappa shape index (κ2) is 6.51. The first kappa shape index (κ1) is 19.5. The fourth-order valence-electron chi connectivity index (χ4n) is 3.20. The Morgan fingerprint density at radius 3 is 1.86 bits per heavy atom. The highest BCUT2D eigenvalue weighted by Gasteiger charge is 2.40. The van der Waals surface area contributed by atoms with E-state index in [0.29, 0.717) is 11.2 Å². The van der Waals surface area contributed by atoms with Gasteiger partial charge in [0, 0.05) is 5.33 Å². The lowest BCUT2D eigenvalue weighted by molar-refractivity contribution is 0.101. The van der Waals surface area contributed by atoms with Crippen LogP contribution < -0.4 is 0 Å². The average Bonchev–Trinajstić information content (AvgIpc) is 2.34. The van der Waals surface area contributed by atoms with Crippen LogP contribution in [0, 0.1) is 16.7 Å². The minimum atomic E-state index is -3.01. The summed E-state index contributed by atoms with van der Waals surface area (Å²) in [6.45, 7) is 12.4. The summed E-state index contributed by atoms with van der Waals surface area (Å²) in [6.07, 6.45) is 5.56. The molecular formula is C17H33BrO2S. The number of hydrogen-bond donors (Lipinski definition) is 0. The summed E-state index contributed by atoms with van der Waals surface area (Å²) >= 11 is 3.66. The molecule has 0 aromatic carbocycles. The predicted molar refractivity (Wildman–Crippen MR) is 95.8 cm³/mol. The van der Waals surface area contributed by atoms with Crippen LogP contribution >= 0.6 is 15.9 Å². The van der Waals surface area contributed by atoms with Crippen molar-refractivity contribution < 1.29 is 8.42 Å². The molecule has 126 valence electrons. The minimum absolute atomic E-state index is 0.181. The van der Waals surface area contributed by atoms with Crippen LogP contribution in [0.15, 0.2) is 0 Å². The van der Waals surface area contributed by atoms with Gasteiger partial charge < -0.3 is 0 Å². The Morgan fingerprint density at radius 1 is 1.05 bits per heavy atom. The first-order valence-electron chi connectivity index (χ1n) is 8.11. The smallest absolute Gasteiger partial charge is 0.155 e. The van der Waals surface area contributed by atoms with Gasteiger partial charge in [0.1, 0.15) is 0 Å². The summed E-state index contributed by atoms with van der Waals surface area (Å²) < 4.78 is 24.1. The highest BCUT2D eigenvalue weighted by Crippen LogP contribution is 2.48. The van der Waals surface area contributed by atoms with Crippen LogP contribution in [-0.4, -0.2) is 24.2 Å². The third-order valence-electron chi connectivity index (χ3n) is 5.39. The molecule has 2 nitrogen and oxygen atoms in total. The van der Waals surface area contributed by atoms with Crippen molar-refractivity contribution in [3.8, 4) is 0 Å². The van der Waals surface area contributed by atoms with Crippen LogP contribution in [0.25, 0.3) is 0 Å². The monoisotopic (exact) mass is 380 g/mol. The summed E-state index contributed by atoms with van der Waals surface area (Å²) in [5.74, 6) is 1.09.